The molecule has 2 aromatic carbocycles. The zero-order valence-electron chi connectivity index (χ0n) is 13.4. The third kappa shape index (κ3) is 2.85. The fraction of sp³-hybridized carbons (Fsp3) is 0.190. The van der Waals surface area contributed by atoms with E-state index in [2.05, 4.69) is 12.1 Å². The van der Waals surface area contributed by atoms with Gasteiger partial charge in [-0.3, -0.25) is 4.79 Å². The van der Waals surface area contributed by atoms with Gasteiger partial charge in [-0.05, 0) is 41.8 Å². The highest BCUT2D eigenvalue weighted by molar-refractivity contribution is 5.95. The van der Waals surface area contributed by atoms with E-state index in [0.717, 1.165) is 42.0 Å². The van der Waals surface area contributed by atoms with Crippen LogP contribution in [0.4, 0.5) is 0 Å². The molecular weight excluding hydrogens is 298 g/mol. The Kier molecular flexibility index (Phi) is 3.91. The van der Waals surface area contributed by atoms with Crippen LogP contribution in [-0.4, -0.2) is 23.9 Å². The van der Waals surface area contributed by atoms with E-state index in [4.69, 9.17) is 4.42 Å². The number of carbonyl (C=O) groups is 1. The zero-order chi connectivity index (χ0) is 16.4. The van der Waals surface area contributed by atoms with Crippen molar-refractivity contribution >= 4 is 5.91 Å². The Morgan fingerprint density at radius 3 is 2.58 bits per heavy atom. The van der Waals surface area contributed by atoms with Gasteiger partial charge in [0, 0.05) is 24.6 Å². The second-order valence-corrected chi connectivity index (χ2v) is 6.20. The Hall–Kier alpha value is -2.81. The largest absolute Gasteiger partial charge is 0.469 e. The van der Waals surface area contributed by atoms with Crippen LogP contribution in [0.15, 0.2) is 77.4 Å². The molecule has 2 heterocycles. The maximum absolute atomic E-state index is 12.8. The monoisotopic (exact) mass is 317 g/mol. The Balaban J connectivity index is 1.53. The van der Waals surface area contributed by atoms with E-state index < -0.39 is 0 Å². The quantitative estimate of drug-likeness (QED) is 0.708. The topological polar surface area (TPSA) is 33.5 Å². The molecule has 1 atom stereocenters. The lowest BCUT2D eigenvalue weighted by Crippen LogP contribution is -2.28. The van der Waals surface area contributed by atoms with Gasteiger partial charge < -0.3 is 9.32 Å². The van der Waals surface area contributed by atoms with Gasteiger partial charge in [0.25, 0.3) is 5.91 Å². The van der Waals surface area contributed by atoms with Crippen molar-refractivity contribution in [2.45, 2.75) is 12.3 Å². The van der Waals surface area contributed by atoms with E-state index in [1.807, 2.05) is 59.5 Å². The van der Waals surface area contributed by atoms with Gasteiger partial charge in [0.2, 0.25) is 0 Å². The molecule has 3 nitrogen and oxygen atoms in total. The lowest BCUT2D eigenvalue weighted by atomic mass is 10.0. The van der Waals surface area contributed by atoms with Crippen molar-refractivity contribution in [2.24, 2.45) is 0 Å². The van der Waals surface area contributed by atoms with Crippen LogP contribution in [0.5, 0.6) is 0 Å². The Morgan fingerprint density at radius 1 is 0.958 bits per heavy atom. The van der Waals surface area contributed by atoms with Crippen LogP contribution >= 0.6 is 0 Å². The molecule has 0 N–H and O–H groups in total. The molecule has 1 aliphatic rings. The van der Waals surface area contributed by atoms with Crippen molar-refractivity contribution in [2.75, 3.05) is 13.1 Å². The van der Waals surface area contributed by atoms with Gasteiger partial charge >= 0.3 is 0 Å². The lowest BCUT2D eigenvalue weighted by Gasteiger charge is -2.16. The second-order valence-electron chi connectivity index (χ2n) is 6.20. The molecule has 120 valence electrons. The van der Waals surface area contributed by atoms with E-state index in [0.29, 0.717) is 5.92 Å². The van der Waals surface area contributed by atoms with E-state index >= 15 is 0 Å². The molecule has 1 unspecified atom stereocenters. The predicted molar refractivity (Wildman–Crippen MR) is 93.8 cm³/mol. The number of carbonyl (C=O) groups excluding carboxylic acids is 1. The number of amides is 1. The van der Waals surface area contributed by atoms with Gasteiger partial charge in [-0.25, -0.2) is 0 Å². The van der Waals surface area contributed by atoms with Crippen molar-refractivity contribution in [3.8, 4) is 11.1 Å². The molecule has 24 heavy (non-hydrogen) atoms. The lowest BCUT2D eigenvalue weighted by molar-refractivity contribution is 0.0790. The standard InChI is InChI=1S/C21H19NO2/c23-21(22-12-11-19(15-22)20-10-5-13-24-20)18-9-4-8-17(14-18)16-6-2-1-3-7-16/h1-10,13-14,19H,11-12,15H2. The number of rotatable bonds is 3. The summed E-state index contributed by atoms with van der Waals surface area (Å²) in [5, 5.41) is 0. The first kappa shape index (κ1) is 14.8. The summed E-state index contributed by atoms with van der Waals surface area (Å²) >= 11 is 0. The van der Waals surface area contributed by atoms with Crippen LogP contribution in [0.25, 0.3) is 11.1 Å². The summed E-state index contributed by atoms with van der Waals surface area (Å²) in [6, 6.07) is 21.9. The molecular formula is C21H19NO2. The zero-order valence-corrected chi connectivity index (χ0v) is 13.4. The molecule has 0 radical (unpaired) electrons. The Morgan fingerprint density at radius 2 is 1.79 bits per heavy atom. The first-order valence-electron chi connectivity index (χ1n) is 8.29. The van der Waals surface area contributed by atoms with Crippen LogP contribution in [-0.2, 0) is 0 Å². The molecule has 0 bridgehead atoms. The molecule has 3 heteroatoms. The average Bonchev–Trinajstić information content (AvgIpc) is 3.33. The van der Waals surface area contributed by atoms with Crippen molar-refractivity contribution < 1.29 is 9.21 Å². The fourth-order valence-electron chi connectivity index (χ4n) is 3.35. The minimum Gasteiger partial charge on any atom is -0.469 e. The number of hydrogen-bond acceptors (Lipinski definition) is 2. The van der Waals surface area contributed by atoms with E-state index in [1.165, 1.54) is 0 Å². The van der Waals surface area contributed by atoms with Crippen molar-refractivity contribution in [1.82, 2.24) is 4.90 Å². The smallest absolute Gasteiger partial charge is 0.253 e. The molecule has 1 amide bonds. The minimum absolute atomic E-state index is 0.0989. The summed E-state index contributed by atoms with van der Waals surface area (Å²) in [5.41, 5.74) is 2.95. The van der Waals surface area contributed by atoms with Crippen molar-refractivity contribution in [1.29, 1.82) is 0 Å². The molecule has 0 spiro atoms. The summed E-state index contributed by atoms with van der Waals surface area (Å²) in [4.78, 5) is 14.8. The summed E-state index contributed by atoms with van der Waals surface area (Å²) in [6.45, 7) is 1.50. The van der Waals surface area contributed by atoms with E-state index in [9.17, 15) is 4.79 Å². The highest BCUT2D eigenvalue weighted by Crippen LogP contribution is 2.29. The highest BCUT2D eigenvalue weighted by Gasteiger charge is 2.29. The third-order valence-corrected chi connectivity index (χ3v) is 4.64. The van der Waals surface area contributed by atoms with Gasteiger partial charge in [0.15, 0.2) is 0 Å². The molecule has 1 aliphatic heterocycles. The Bertz CT molecular complexity index is 824. The number of benzene rings is 2. The second kappa shape index (κ2) is 6.36. The fourth-order valence-corrected chi connectivity index (χ4v) is 3.35. The van der Waals surface area contributed by atoms with Gasteiger partial charge in [-0.2, -0.15) is 0 Å². The van der Waals surface area contributed by atoms with Crippen molar-refractivity contribution in [3.63, 3.8) is 0 Å². The molecule has 0 saturated carbocycles. The number of furan rings is 1. The highest BCUT2D eigenvalue weighted by atomic mass is 16.3. The SMILES string of the molecule is O=C(c1cccc(-c2ccccc2)c1)N1CCC(c2ccco2)C1. The normalized spacial score (nSPS) is 17.2. The summed E-state index contributed by atoms with van der Waals surface area (Å²) in [5.74, 6) is 1.38. The van der Waals surface area contributed by atoms with Crippen LogP contribution < -0.4 is 0 Å². The number of nitrogens with zero attached hydrogens (tertiary/aromatic N) is 1. The molecule has 1 saturated heterocycles. The van der Waals surface area contributed by atoms with Gasteiger partial charge in [0.05, 0.1) is 6.26 Å². The van der Waals surface area contributed by atoms with E-state index in [1.54, 1.807) is 6.26 Å². The summed E-state index contributed by atoms with van der Waals surface area (Å²) in [6.07, 6.45) is 2.65. The Labute approximate surface area is 141 Å². The van der Waals surface area contributed by atoms with Crippen LogP contribution in [0, 0.1) is 0 Å². The summed E-state index contributed by atoms with van der Waals surface area (Å²) < 4.78 is 5.49. The average molecular weight is 317 g/mol. The van der Waals surface area contributed by atoms with Crippen molar-refractivity contribution in [3.05, 3.63) is 84.3 Å². The molecule has 1 aromatic heterocycles. The molecule has 3 aromatic rings. The minimum atomic E-state index is 0.0989. The van der Waals surface area contributed by atoms with Crippen LogP contribution in [0.3, 0.4) is 0 Å². The summed E-state index contributed by atoms with van der Waals surface area (Å²) in [7, 11) is 0. The van der Waals surface area contributed by atoms with E-state index in [-0.39, 0.29) is 5.91 Å². The first-order valence-corrected chi connectivity index (χ1v) is 8.29. The van der Waals surface area contributed by atoms with Crippen LogP contribution in [0.1, 0.15) is 28.5 Å². The first-order chi connectivity index (χ1) is 11.8. The maximum Gasteiger partial charge on any atom is 0.253 e. The molecule has 4 rings (SSSR count). The van der Waals surface area contributed by atoms with Gasteiger partial charge in [0.1, 0.15) is 5.76 Å². The van der Waals surface area contributed by atoms with Crippen LogP contribution in [0.2, 0.25) is 0 Å². The maximum atomic E-state index is 12.8. The van der Waals surface area contributed by atoms with Gasteiger partial charge in [-0.1, -0.05) is 42.5 Å². The molecule has 0 aliphatic carbocycles. The number of hydrogen-bond donors (Lipinski definition) is 0. The predicted octanol–water partition coefficient (Wildman–Crippen LogP) is 4.58. The number of likely N-dealkylation sites (tertiary alicyclic amines) is 1. The van der Waals surface area contributed by atoms with Gasteiger partial charge in [-0.15, -0.1) is 0 Å². The molecule has 1 fully saturated rings. The third-order valence-electron chi connectivity index (χ3n) is 4.64.